The van der Waals surface area contributed by atoms with Crippen LogP contribution < -0.4 is 5.32 Å². The molecule has 2 nitrogen and oxygen atoms in total. The van der Waals surface area contributed by atoms with Crippen LogP contribution >= 0.6 is 15.9 Å². The van der Waals surface area contributed by atoms with Gasteiger partial charge in [0.05, 0.1) is 4.48 Å². The van der Waals surface area contributed by atoms with Crippen LogP contribution in [-0.2, 0) is 0 Å². The Morgan fingerprint density at radius 1 is 1.10 bits per heavy atom. The molecule has 1 N–H and O–H groups in total. The highest BCUT2D eigenvalue weighted by Gasteiger charge is 2.12. The molecule has 3 heteroatoms. The summed E-state index contributed by atoms with van der Waals surface area (Å²) in [5.41, 5.74) is 3.65. The van der Waals surface area contributed by atoms with E-state index in [9.17, 15) is 0 Å². The molecule has 0 aliphatic rings. The molecule has 0 aromatic heterocycles. The lowest BCUT2D eigenvalue weighted by molar-refractivity contribution is 0.483. The summed E-state index contributed by atoms with van der Waals surface area (Å²) in [6.45, 7) is 12.9. The summed E-state index contributed by atoms with van der Waals surface area (Å²) in [4.78, 5) is 4.39. The third-order valence-electron chi connectivity index (χ3n) is 3.25. The van der Waals surface area contributed by atoms with Gasteiger partial charge in [-0.25, -0.2) is 0 Å². The first-order valence-corrected chi connectivity index (χ1v) is 8.58. The van der Waals surface area contributed by atoms with E-state index in [4.69, 9.17) is 0 Å². The molecule has 0 rings (SSSR count). The Labute approximate surface area is 134 Å². The number of rotatable bonds is 9. The van der Waals surface area contributed by atoms with Crippen LogP contribution in [0.1, 0.15) is 73.6 Å². The molecule has 0 aliphatic heterocycles. The topological polar surface area (TPSA) is 24.4 Å². The molecule has 0 heterocycles. The molecule has 0 spiro atoms. The van der Waals surface area contributed by atoms with Crippen LogP contribution in [0, 0.1) is 0 Å². The zero-order valence-corrected chi connectivity index (χ0v) is 15.6. The van der Waals surface area contributed by atoms with Gasteiger partial charge in [-0.2, -0.15) is 0 Å². The largest absolute Gasteiger partial charge is 0.381 e. The van der Waals surface area contributed by atoms with Gasteiger partial charge in [0.1, 0.15) is 0 Å². The summed E-state index contributed by atoms with van der Waals surface area (Å²) in [6, 6.07) is 0.550. The van der Waals surface area contributed by atoms with Gasteiger partial charge in [0.15, 0.2) is 0 Å². The summed E-state index contributed by atoms with van der Waals surface area (Å²) < 4.78 is 1.05. The van der Waals surface area contributed by atoms with Crippen LogP contribution in [0.25, 0.3) is 0 Å². The smallest absolute Gasteiger partial charge is 0.0589 e. The van der Waals surface area contributed by atoms with Gasteiger partial charge in [-0.15, -0.1) is 0 Å². The molecular formula is C17H31BrN2. The van der Waals surface area contributed by atoms with Crippen molar-refractivity contribution in [3.8, 4) is 0 Å². The first-order valence-electron chi connectivity index (χ1n) is 7.79. The molecule has 0 saturated carbocycles. The minimum Gasteiger partial charge on any atom is -0.381 e. The normalized spacial score (nSPS) is 13.3. The minimum atomic E-state index is 0.550. The second-order valence-electron chi connectivity index (χ2n) is 5.48. The minimum absolute atomic E-state index is 0.550. The van der Waals surface area contributed by atoms with E-state index in [0.29, 0.717) is 6.04 Å². The van der Waals surface area contributed by atoms with Crippen LogP contribution in [-0.4, -0.2) is 11.8 Å². The van der Waals surface area contributed by atoms with E-state index in [0.717, 1.165) is 16.6 Å². The number of halogens is 1. The fourth-order valence-corrected chi connectivity index (χ4v) is 2.57. The number of nitrogens with zero attached hydrogens (tertiary/aromatic N) is 1. The maximum absolute atomic E-state index is 4.39. The Balaban J connectivity index is 5.17. The molecule has 0 atom stereocenters. The van der Waals surface area contributed by atoms with Gasteiger partial charge < -0.3 is 5.32 Å². The van der Waals surface area contributed by atoms with Crippen molar-refractivity contribution in [3.63, 3.8) is 0 Å². The van der Waals surface area contributed by atoms with Gasteiger partial charge in [0.25, 0.3) is 0 Å². The second kappa shape index (κ2) is 11.1. The van der Waals surface area contributed by atoms with Crippen LogP contribution in [0.5, 0.6) is 0 Å². The van der Waals surface area contributed by atoms with Gasteiger partial charge in [-0.1, -0.05) is 33.6 Å². The second-order valence-corrected chi connectivity index (χ2v) is 6.34. The van der Waals surface area contributed by atoms with E-state index in [2.05, 4.69) is 53.9 Å². The van der Waals surface area contributed by atoms with Crippen LogP contribution in [0.4, 0.5) is 0 Å². The molecular weight excluding hydrogens is 312 g/mol. The van der Waals surface area contributed by atoms with Crippen molar-refractivity contribution >= 4 is 21.6 Å². The maximum atomic E-state index is 4.39. The van der Waals surface area contributed by atoms with Gasteiger partial charge in [-0.05, 0) is 61.5 Å². The third kappa shape index (κ3) is 7.88. The summed E-state index contributed by atoms with van der Waals surface area (Å²) in [6.07, 6.45) is 7.81. The van der Waals surface area contributed by atoms with Crippen molar-refractivity contribution in [2.45, 2.75) is 79.7 Å². The van der Waals surface area contributed by atoms with Crippen LogP contribution in [0.3, 0.4) is 0 Å². The predicted molar refractivity (Wildman–Crippen MR) is 95.5 cm³/mol. The van der Waals surface area contributed by atoms with E-state index < -0.39 is 0 Å². The molecule has 0 saturated heterocycles. The van der Waals surface area contributed by atoms with Crippen molar-refractivity contribution < 1.29 is 0 Å². The molecule has 0 radical (unpaired) electrons. The third-order valence-corrected chi connectivity index (χ3v) is 3.86. The van der Waals surface area contributed by atoms with Gasteiger partial charge >= 0.3 is 0 Å². The molecule has 116 valence electrons. The Morgan fingerprint density at radius 2 is 1.65 bits per heavy atom. The van der Waals surface area contributed by atoms with Gasteiger partial charge in [0.2, 0.25) is 0 Å². The van der Waals surface area contributed by atoms with Crippen molar-refractivity contribution in [1.29, 1.82) is 0 Å². The molecule has 0 fully saturated rings. The van der Waals surface area contributed by atoms with Crippen LogP contribution in [0.2, 0.25) is 0 Å². The van der Waals surface area contributed by atoms with Crippen molar-refractivity contribution in [3.05, 3.63) is 22.0 Å². The molecule has 0 aromatic carbocycles. The van der Waals surface area contributed by atoms with Crippen molar-refractivity contribution in [1.82, 2.24) is 5.32 Å². The Bertz CT molecular complexity index is 357. The summed E-state index contributed by atoms with van der Waals surface area (Å²) in [5.74, 6) is 0. The highest BCUT2D eigenvalue weighted by atomic mass is 79.9. The van der Waals surface area contributed by atoms with Crippen LogP contribution in [0.15, 0.2) is 26.9 Å². The lowest BCUT2D eigenvalue weighted by Crippen LogP contribution is -2.29. The Hall–Kier alpha value is -0.570. The Kier molecular flexibility index (Phi) is 10.8. The fraction of sp³-hybridized carbons (Fsp3) is 0.706. The van der Waals surface area contributed by atoms with E-state index in [1.54, 1.807) is 0 Å². The lowest BCUT2D eigenvalue weighted by atomic mass is 10.0. The van der Waals surface area contributed by atoms with Crippen molar-refractivity contribution in [2.75, 3.05) is 0 Å². The van der Waals surface area contributed by atoms with Crippen molar-refractivity contribution in [2.24, 2.45) is 4.99 Å². The number of nitrogens with one attached hydrogen (secondary N) is 1. The fourth-order valence-electron chi connectivity index (χ4n) is 2.01. The Morgan fingerprint density at radius 3 is 2.05 bits per heavy atom. The zero-order chi connectivity index (χ0) is 15.5. The number of hydrogen-bond acceptors (Lipinski definition) is 2. The first-order chi connectivity index (χ1) is 9.46. The summed E-state index contributed by atoms with van der Waals surface area (Å²) in [7, 11) is 0. The lowest BCUT2D eigenvalue weighted by Gasteiger charge is -2.22. The number of hydrogen-bond donors (Lipinski definition) is 1. The number of allylic oxidation sites excluding steroid dienone is 2. The quantitative estimate of drug-likeness (QED) is 0.406. The van der Waals surface area contributed by atoms with Gasteiger partial charge in [0, 0.05) is 23.7 Å². The summed E-state index contributed by atoms with van der Waals surface area (Å²) >= 11 is 3.68. The molecule has 0 aromatic rings. The summed E-state index contributed by atoms with van der Waals surface area (Å²) in [5, 5.41) is 3.73. The SMILES string of the molecule is CCCC(CCC)NC(=C(/C)CC)/C(Br)=C\N=C(C)C. The molecule has 20 heavy (non-hydrogen) atoms. The average molecular weight is 343 g/mol. The maximum Gasteiger partial charge on any atom is 0.0589 e. The van der Waals surface area contributed by atoms with E-state index in [1.807, 2.05) is 20.0 Å². The van der Waals surface area contributed by atoms with E-state index in [-0.39, 0.29) is 0 Å². The molecule has 0 unspecified atom stereocenters. The number of aliphatic imine (C=N–C) groups is 1. The predicted octanol–water partition coefficient (Wildman–Crippen LogP) is 5.95. The highest BCUT2D eigenvalue weighted by molar-refractivity contribution is 9.12. The van der Waals surface area contributed by atoms with E-state index >= 15 is 0 Å². The first kappa shape index (κ1) is 19.4. The zero-order valence-electron chi connectivity index (χ0n) is 14.0. The molecule has 0 aliphatic carbocycles. The molecule has 0 amide bonds. The molecule has 0 bridgehead atoms. The van der Waals surface area contributed by atoms with Gasteiger partial charge in [-0.3, -0.25) is 4.99 Å². The standard InChI is InChI=1S/C17H31BrN2/c1-7-10-15(11-8-2)20-17(14(6)9-3)16(18)12-19-13(4)5/h12,15,20H,7-11H2,1-6H3/b16-12+,17-14-. The monoisotopic (exact) mass is 342 g/mol. The highest BCUT2D eigenvalue weighted by Crippen LogP contribution is 2.22. The average Bonchev–Trinajstić information content (AvgIpc) is 2.41. The van der Waals surface area contributed by atoms with E-state index in [1.165, 1.54) is 37.0 Å².